The summed E-state index contributed by atoms with van der Waals surface area (Å²) in [6, 6.07) is 13.0. The average molecular weight is 352 g/mol. The minimum atomic E-state index is -0.574. The molecule has 0 radical (unpaired) electrons. The zero-order valence-corrected chi connectivity index (χ0v) is 14.0. The molecule has 0 spiro atoms. The fraction of sp³-hybridized carbons (Fsp3) is 0.167. The fourth-order valence-electron chi connectivity index (χ4n) is 2.72. The second-order valence-electron chi connectivity index (χ2n) is 5.61. The number of fused-ring (bicyclic) bond motifs is 1. The van der Waals surface area contributed by atoms with Gasteiger partial charge in [0.2, 0.25) is 5.91 Å². The third kappa shape index (κ3) is 3.30. The Morgan fingerprint density at radius 2 is 1.96 bits per heavy atom. The minimum absolute atomic E-state index is 0.109. The predicted octanol–water partition coefficient (Wildman–Crippen LogP) is 2.36. The first-order chi connectivity index (χ1) is 12.5. The van der Waals surface area contributed by atoms with Crippen LogP contribution in [0.5, 0.6) is 0 Å². The van der Waals surface area contributed by atoms with E-state index >= 15 is 0 Å². The Kier molecular flexibility index (Phi) is 4.74. The first kappa shape index (κ1) is 17.3. The van der Waals surface area contributed by atoms with E-state index in [1.54, 1.807) is 4.90 Å². The Hall–Kier alpha value is -3.55. The highest BCUT2D eigenvalue weighted by molar-refractivity contribution is 5.93. The molecule has 132 valence electrons. The lowest BCUT2D eigenvalue weighted by molar-refractivity contribution is -0.384. The molecule has 0 atom stereocenters. The van der Waals surface area contributed by atoms with E-state index in [4.69, 9.17) is 0 Å². The van der Waals surface area contributed by atoms with Crippen molar-refractivity contribution in [1.82, 2.24) is 9.55 Å². The van der Waals surface area contributed by atoms with Gasteiger partial charge >= 0.3 is 0 Å². The molecule has 0 aliphatic carbocycles. The van der Waals surface area contributed by atoms with Gasteiger partial charge in [0.05, 0.1) is 22.2 Å². The molecule has 1 aromatic heterocycles. The molecular formula is C18H16N4O4. The summed E-state index contributed by atoms with van der Waals surface area (Å²) in [4.78, 5) is 41.3. The van der Waals surface area contributed by atoms with Gasteiger partial charge in [-0.2, -0.15) is 0 Å². The molecule has 0 saturated carbocycles. The number of non-ortho nitro benzene ring substituents is 1. The molecule has 3 rings (SSSR count). The second kappa shape index (κ2) is 7.14. The number of carbonyl (C=O) groups is 1. The minimum Gasteiger partial charge on any atom is -0.311 e. The lowest BCUT2D eigenvalue weighted by atomic mass is 10.2. The van der Waals surface area contributed by atoms with E-state index in [9.17, 15) is 19.7 Å². The summed E-state index contributed by atoms with van der Waals surface area (Å²) >= 11 is 0. The number of nitro benzene ring substituents is 1. The summed E-state index contributed by atoms with van der Waals surface area (Å²) in [5, 5.41) is 11.0. The van der Waals surface area contributed by atoms with Crippen LogP contribution < -0.4 is 10.5 Å². The van der Waals surface area contributed by atoms with Crippen LogP contribution >= 0.6 is 0 Å². The molecule has 0 fully saturated rings. The Morgan fingerprint density at radius 1 is 1.23 bits per heavy atom. The van der Waals surface area contributed by atoms with E-state index in [-0.39, 0.29) is 23.5 Å². The lowest BCUT2D eigenvalue weighted by Gasteiger charge is -2.21. The number of likely N-dealkylation sites (N-methyl/N-ethyl adjacent to an activating group) is 1. The molecule has 26 heavy (non-hydrogen) atoms. The van der Waals surface area contributed by atoms with Crippen LogP contribution in [0.1, 0.15) is 6.92 Å². The molecule has 2 aromatic carbocycles. The van der Waals surface area contributed by atoms with E-state index in [0.29, 0.717) is 12.1 Å². The Morgan fingerprint density at radius 3 is 2.62 bits per heavy atom. The van der Waals surface area contributed by atoms with Gasteiger partial charge in [-0.25, -0.2) is 4.98 Å². The Bertz CT molecular complexity index is 1030. The second-order valence-corrected chi connectivity index (χ2v) is 5.61. The molecule has 3 aromatic rings. The van der Waals surface area contributed by atoms with Gasteiger partial charge in [-0.15, -0.1) is 0 Å². The van der Waals surface area contributed by atoms with Gasteiger partial charge in [-0.1, -0.05) is 18.2 Å². The van der Waals surface area contributed by atoms with Crippen molar-refractivity contribution in [3.63, 3.8) is 0 Å². The third-order valence-electron chi connectivity index (χ3n) is 4.01. The van der Waals surface area contributed by atoms with Crippen LogP contribution in [-0.2, 0) is 11.3 Å². The smallest absolute Gasteiger partial charge is 0.270 e. The van der Waals surface area contributed by atoms with Crippen molar-refractivity contribution in [3.05, 3.63) is 75.3 Å². The van der Waals surface area contributed by atoms with Crippen LogP contribution in [0.2, 0.25) is 0 Å². The number of amides is 1. The molecule has 0 unspecified atom stereocenters. The topological polar surface area (TPSA) is 98.3 Å². The van der Waals surface area contributed by atoms with Gasteiger partial charge < -0.3 is 4.90 Å². The number of para-hydroxylation sites is 1. The van der Waals surface area contributed by atoms with Crippen LogP contribution in [0.4, 0.5) is 11.4 Å². The van der Waals surface area contributed by atoms with E-state index in [1.807, 2.05) is 37.3 Å². The summed E-state index contributed by atoms with van der Waals surface area (Å²) in [5.41, 5.74) is 0.397. The third-order valence-corrected chi connectivity index (χ3v) is 4.01. The maximum Gasteiger partial charge on any atom is 0.270 e. The summed E-state index contributed by atoms with van der Waals surface area (Å²) < 4.78 is 1.17. The van der Waals surface area contributed by atoms with Crippen LogP contribution in [0.15, 0.2) is 59.7 Å². The molecule has 1 amide bonds. The molecule has 8 nitrogen and oxygen atoms in total. The van der Waals surface area contributed by atoms with Crippen molar-refractivity contribution in [1.29, 1.82) is 0 Å². The lowest BCUT2D eigenvalue weighted by Crippen LogP contribution is -2.36. The first-order valence-electron chi connectivity index (χ1n) is 8.00. The maximum absolute atomic E-state index is 12.6. The molecule has 0 aliphatic heterocycles. The molecule has 8 heteroatoms. The number of hydrogen-bond donors (Lipinski definition) is 0. The number of aromatic nitrogens is 2. The van der Waals surface area contributed by atoms with Crippen molar-refractivity contribution in [2.45, 2.75) is 13.5 Å². The SMILES string of the molecule is CCN(C(=O)Cn1cnc2ccc([N+](=O)[O-])cc2c1=O)c1ccccc1. The summed E-state index contributed by atoms with van der Waals surface area (Å²) in [6.45, 7) is 2.09. The normalized spacial score (nSPS) is 10.7. The van der Waals surface area contributed by atoms with E-state index in [1.165, 1.54) is 29.1 Å². The number of rotatable bonds is 5. The monoisotopic (exact) mass is 352 g/mol. The van der Waals surface area contributed by atoms with Gasteiger partial charge in [0.15, 0.2) is 0 Å². The molecule has 0 saturated heterocycles. The Labute approximate surface area is 148 Å². The molecule has 0 N–H and O–H groups in total. The summed E-state index contributed by atoms with van der Waals surface area (Å²) in [5.74, 6) is -0.271. The van der Waals surface area contributed by atoms with E-state index < -0.39 is 10.5 Å². The van der Waals surface area contributed by atoms with Crippen LogP contribution in [0.3, 0.4) is 0 Å². The van der Waals surface area contributed by atoms with E-state index in [0.717, 1.165) is 5.69 Å². The zero-order valence-electron chi connectivity index (χ0n) is 14.0. The van der Waals surface area contributed by atoms with Gasteiger partial charge in [0.1, 0.15) is 6.54 Å². The zero-order chi connectivity index (χ0) is 18.7. The number of benzene rings is 2. The van der Waals surface area contributed by atoms with Crippen molar-refractivity contribution in [2.75, 3.05) is 11.4 Å². The highest BCUT2D eigenvalue weighted by atomic mass is 16.6. The molecule has 0 bridgehead atoms. The summed E-state index contributed by atoms with van der Waals surface area (Å²) in [6.07, 6.45) is 1.28. The highest BCUT2D eigenvalue weighted by Gasteiger charge is 2.17. The largest absolute Gasteiger partial charge is 0.311 e. The highest BCUT2D eigenvalue weighted by Crippen LogP contribution is 2.17. The number of carbonyl (C=O) groups excluding carboxylic acids is 1. The van der Waals surface area contributed by atoms with Crippen LogP contribution in [-0.4, -0.2) is 26.9 Å². The quantitative estimate of drug-likeness (QED) is 0.518. The van der Waals surface area contributed by atoms with Gasteiger partial charge in [-0.3, -0.25) is 24.3 Å². The van der Waals surface area contributed by atoms with Gasteiger partial charge in [0, 0.05) is 24.4 Å². The number of nitrogens with zero attached hydrogens (tertiary/aromatic N) is 4. The van der Waals surface area contributed by atoms with E-state index in [2.05, 4.69) is 4.98 Å². The van der Waals surface area contributed by atoms with Crippen LogP contribution in [0.25, 0.3) is 10.9 Å². The number of hydrogen-bond acceptors (Lipinski definition) is 5. The van der Waals surface area contributed by atoms with Gasteiger partial charge in [0.25, 0.3) is 11.2 Å². The Balaban J connectivity index is 1.95. The summed E-state index contributed by atoms with van der Waals surface area (Å²) in [7, 11) is 0. The van der Waals surface area contributed by atoms with Crippen molar-refractivity contribution >= 4 is 28.2 Å². The molecule has 0 aliphatic rings. The number of nitro groups is 1. The van der Waals surface area contributed by atoms with Crippen molar-refractivity contribution in [2.24, 2.45) is 0 Å². The molecular weight excluding hydrogens is 336 g/mol. The predicted molar refractivity (Wildman–Crippen MR) is 97.1 cm³/mol. The fourth-order valence-corrected chi connectivity index (χ4v) is 2.72. The van der Waals surface area contributed by atoms with Crippen LogP contribution in [0, 0.1) is 10.1 Å². The first-order valence-corrected chi connectivity index (χ1v) is 8.00. The average Bonchev–Trinajstić information content (AvgIpc) is 2.65. The van der Waals surface area contributed by atoms with Gasteiger partial charge in [-0.05, 0) is 25.1 Å². The van der Waals surface area contributed by atoms with Crippen molar-refractivity contribution in [3.8, 4) is 0 Å². The molecule has 1 heterocycles. The standard InChI is InChI=1S/C18H16N4O4/c1-2-21(13-6-4-3-5-7-13)17(23)11-20-12-19-16-9-8-14(22(25)26)10-15(16)18(20)24/h3-10,12H,2,11H2,1H3. The number of anilines is 1. The van der Waals surface area contributed by atoms with Crippen molar-refractivity contribution < 1.29 is 9.72 Å². The maximum atomic E-state index is 12.6.